The summed E-state index contributed by atoms with van der Waals surface area (Å²) in [6.45, 7) is 5.56. The number of rotatable bonds is 4. The Morgan fingerprint density at radius 2 is 2.00 bits per heavy atom. The summed E-state index contributed by atoms with van der Waals surface area (Å²) in [7, 11) is 0. The van der Waals surface area contributed by atoms with Crippen molar-refractivity contribution in [2.45, 2.75) is 46.3 Å². The number of hydrogen-bond acceptors (Lipinski definition) is 4. The van der Waals surface area contributed by atoms with Gasteiger partial charge in [-0.05, 0) is 68.5 Å². The molecule has 5 rings (SSSR count). The number of fused-ring (bicyclic) bond motifs is 2. The predicted molar refractivity (Wildman–Crippen MR) is 123 cm³/mol. The highest BCUT2D eigenvalue weighted by atomic mass is 16.5. The van der Waals surface area contributed by atoms with Crippen molar-refractivity contribution in [3.8, 4) is 0 Å². The highest BCUT2D eigenvalue weighted by Gasteiger charge is 2.30. The number of aryl methyl sites for hydroxylation is 3. The van der Waals surface area contributed by atoms with E-state index in [1.165, 1.54) is 11.1 Å². The van der Waals surface area contributed by atoms with Gasteiger partial charge in [0.15, 0.2) is 0 Å². The lowest BCUT2D eigenvalue weighted by Gasteiger charge is -2.17. The topological polar surface area (TPSA) is 77.0 Å². The molecule has 0 fully saturated rings. The Bertz CT molecular complexity index is 1410. The summed E-state index contributed by atoms with van der Waals surface area (Å²) in [6.07, 6.45) is 3.72. The Kier molecular flexibility index (Phi) is 4.93. The average molecular weight is 428 g/mol. The molecule has 0 spiro atoms. The van der Waals surface area contributed by atoms with E-state index in [1.54, 1.807) is 6.20 Å². The number of aromatic nitrogens is 3. The van der Waals surface area contributed by atoms with E-state index in [0.717, 1.165) is 40.8 Å². The molecule has 1 aromatic carbocycles. The van der Waals surface area contributed by atoms with Gasteiger partial charge in [0.2, 0.25) is 0 Å². The van der Waals surface area contributed by atoms with E-state index >= 15 is 0 Å². The fourth-order valence-electron chi connectivity index (χ4n) is 4.97. The molecule has 1 unspecified atom stereocenters. The van der Waals surface area contributed by atoms with Crippen molar-refractivity contribution in [3.63, 3.8) is 0 Å². The number of ether oxygens (including phenoxy) is 1. The smallest absolute Gasteiger partial charge is 0.341 e. The molecule has 0 saturated carbocycles. The first-order chi connectivity index (χ1) is 15.5. The van der Waals surface area contributed by atoms with Crippen molar-refractivity contribution < 1.29 is 9.53 Å². The summed E-state index contributed by atoms with van der Waals surface area (Å²) in [4.78, 5) is 33.0. The fraction of sp³-hybridized carbons (Fsp3) is 0.269. The van der Waals surface area contributed by atoms with Gasteiger partial charge in [0.25, 0.3) is 5.56 Å². The van der Waals surface area contributed by atoms with Crippen LogP contribution in [0, 0.1) is 20.8 Å². The van der Waals surface area contributed by atoms with E-state index in [0.29, 0.717) is 11.1 Å². The number of aromatic amines is 1. The second-order valence-electron chi connectivity index (χ2n) is 8.48. The van der Waals surface area contributed by atoms with Crippen LogP contribution in [0.4, 0.5) is 0 Å². The molecule has 4 aromatic rings. The second kappa shape index (κ2) is 7.79. The minimum atomic E-state index is -0.440. The van der Waals surface area contributed by atoms with Crippen molar-refractivity contribution in [1.82, 2.24) is 14.5 Å². The zero-order valence-electron chi connectivity index (χ0n) is 18.4. The Balaban J connectivity index is 1.54. The number of nitrogens with zero attached hydrogens (tertiary/aromatic N) is 2. The quantitative estimate of drug-likeness (QED) is 0.485. The summed E-state index contributed by atoms with van der Waals surface area (Å²) < 4.78 is 7.82. The van der Waals surface area contributed by atoms with Gasteiger partial charge in [0.05, 0.1) is 17.2 Å². The number of benzene rings is 1. The molecule has 0 bridgehead atoms. The van der Waals surface area contributed by atoms with Gasteiger partial charge in [-0.3, -0.25) is 4.79 Å². The molecule has 0 amide bonds. The first-order valence-electron chi connectivity index (χ1n) is 10.9. The summed E-state index contributed by atoms with van der Waals surface area (Å²) in [5, 5.41) is 0.772. The van der Waals surface area contributed by atoms with Crippen LogP contribution in [0.15, 0.2) is 53.5 Å². The maximum Gasteiger partial charge on any atom is 0.341 e. The summed E-state index contributed by atoms with van der Waals surface area (Å²) >= 11 is 0. The number of hydrogen-bond donors (Lipinski definition) is 1. The first kappa shape index (κ1) is 20.2. The predicted octanol–water partition coefficient (Wildman–Crippen LogP) is 4.54. The van der Waals surface area contributed by atoms with Crippen LogP contribution in [0.1, 0.15) is 56.5 Å². The Morgan fingerprint density at radius 3 is 2.81 bits per heavy atom. The van der Waals surface area contributed by atoms with Gasteiger partial charge < -0.3 is 14.3 Å². The molecule has 0 aliphatic heterocycles. The molecule has 6 nitrogen and oxygen atoms in total. The van der Waals surface area contributed by atoms with Gasteiger partial charge in [0.1, 0.15) is 12.3 Å². The fourth-order valence-corrected chi connectivity index (χ4v) is 4.97. The minimum absolute atomic E-state index is 0.0705. The number of H-pyrrole nitrogens is 1. The van der Waals surface area contributed by atoms with Crippen molar-refractivity contribution in [2.24, 2.45) is 0 Å². The van der Waals surface area contributed by atoms with Crippen LogP contribution in [0.5, 0.6) is 0 Å². The zero-order chi connectivity index (χ0) is 22.4. The van der Waals surface area contributed by atoms with E-state index < -0.39 is 5.97 Å². The highest BCUT2D eigenvalue weighted by molar-refractivity contribution is 6.05. The maximum absolute atomic E-state index is 13.2. The molecule has 0 saturated heterocycles. The van der Waals surface area contributed by atoms with Crippen LogP contribution in [0.25, 0.3) is 11.0 Å². The third-order valence-corrected chi connectivity index (χ3v) is 6.47. The highest BCUT2D eigenvalue weighted by Crippen LogP contribution is 2.39. The van der Waals surface area contributed by atoms with Gasteiger partial charge in [-0.15, -0.1) is 0 Å². The Labute approximate surface area is 185 Å². The molecule has 3 aromatic heterocycles. The van der Waals surface area contributed by atoms with E-state index in [-0.39, 0.29) is 18.2 Å². The SMILES string of the molecule is Cc1cc(C)c(COC(=O)c2c(C)n(C3CCc4ccccc43)c3ncccc23)c(=O)[nH]1. The summed E-state index contributed by atoms with van der Waals surface area (Å²) in [6, 6.07) is 14.2. The maximum atomic E-state index is 13.2. The van der Waals surface area contributed by atoms with Crippen molar-refractivity contribution in [3.05, 3.63) is 98.2 Å². The largest absolute Gasteiger partial charge is 0.457 e. The first-order valence-corrected chi connectivity index (χ1v) is 10.9. The van der Waals surface area contributed by atoms with Crippen molar-refractivity contribution in [1.29, 1.82) is 0 Å². The van der Waals surface area contributed by atoms with Gasteiger partial charge in [-0.2, -0.15) is 0 Å². The minimum Gasteiger partial charge on any atom is -0.457 e. The van der Waals surface area contributed by atoms with Gasteiger partial charge >= 0.3 is 5.97 Å². The van der Waals surface area contributed by atoms with Crippen LogP contribution >= 0.6 is 0 Å². The third-order valence-electron chi connectivity index (χ3n) is 6.47. The van der Waals surface area contributed by atoms with Crippen LogP contribution in [-0.4, -0.2) is 20.5 Å². The second-order valence-corrected chi connectivity index (χ2v) is 8.48. The lowest BCUT2D eigenvalue weighted by atomic mass is 10.1. The number of carbonyl (C=O) groups excluding carboxylic acids is 1. The molecular weight excluding hydrogens is 402 g/mol. The Morgan fingerprint density at radius 1 is 1.19 bits per heavy atom. The monoisotopic (exact) mass is 427 g/mol. The number of nitrogens with one attached hydrogen (secondary N) is 1. The molecule has 1 N–H and O–H groups in total. The Hall–Kier alpha value is -3.67. The van der Waals surface area contributed by atoms with Crippen LogP contribution in [0.3, 0.4) is 0 Å². The van der Waals surface area contributed by atoms with Crippen molar-refractivity contribution in [2.75, 3.05) is 0 Å². The van der Waals surface area contributed by atoms with E-state index in [4.69, 9.17) is 4.74 Å². The molecule has 1 aliphatic rings. The third kappa shape index (κ3) is 3.23. The molecule has 3 heterocycles. The zero-order valence-corrected chi connectivity index (χ0v) is 18.4. The van der Waals surface area contributed by atoms with E-state index in [9.17, 15) is 9.59 Å². The van der Waals surface area contributed by atoms with Crippen LogP contribution < -0.4 is 5.56 Å². The van der Waals surface area contributed by atoms with E-state index in [2.05, 4.69) is 38.8 Å². The number of pyridine rings is 2. The molecule has 1 atom stereocenters. The summed E-state index contributed by atoms with van der Waals surface area (Å²) in [5.41, 5.74) is 6.58. The lowest BCUT2D eigenvalue weighted by Crippen LogP contribution is -2.18. The lowest BCUT2D eigenvalue weighted by molar-refractivity contribution is 0.0471. The number of esters is 1. The molecule has 162 valence electrons. The van der Waals surface area contributed by atoms with Gasteiger partial charge in [0, 0.05) is 23.0 Å². The molecule has 32 heavy (non-hydrogen) atoms. The molecular formula is C26H25N3O3. The van der Waals surface area contributed by atoms with Crippen molar-refractivity contribution >= 4 is 17.0 Å². The molecule has 1 aliphatic carbocycles. The number of carbonyl (C=O) groups is 1. The van der Waals surface area contributed by atoms with Gasteiger partial charge in [-0.25, -0.2) is 9.78 Å². The van der Waals surface area contributed by atoms with E-state index in [1.807, 2.05) is 39.0 Å². The van der Waals surface area contributed by atoms with Gasteiger partial charge in [-0.1, -0.05) is 24.3 Å². The van der Waals surface area contributed by atoms with Crippen LogP contribution in [-0.2, 0) is 17.8 Å². The average Bonchev–Trinajstić information content (AvgIpc) is 3.30. The normalized spacial score (nSPS) is 15.2. The molecule has 0 radical (unpaired) electrons. The van der Waals surface area contributed by atoms with Crippen LogP contribution in [0.2, 0.25) is 0 Å². The molecule has 6 heteroatoms. The summed E-state index contributed by atoms with van der Waals surface area (Å²) in [5.74, 6) is -0.440. The standard InChI is InChI=1S/C26H25N3O3/c1-15-13-16(2)28-25(30)21(15)14-32-26(31)23-17(3)29(24-20(23)9-6-12-27-24)22-11-10-18-7-4-5-8-19(18)22/h4-9,12-13,22H,10-11,14H2,1-3H3,(H,28,30).